The second-order valence-corrected chi connectivity index (χ2v) is 10.6. The van der Waals surface area contributed by atoms with E-state index in [0.29, 0.717) is 17.9 Å². The van der Waals surface area contributed by atoms with Crippen molar-refractivity contribution in [2.75, 3.05) is 13.2 Å². The lowest BCUT2D eigenvalue weighted by Gasteiger charge is -2.34. The number of aromatic nitrogens is 2. The number of hydrogen-bond donors (Lipinski definition) is 3. The SMILES string of the molecule is Cc1cn([C@H]2C[C@H](O[SiH2]C(C)(C)C(C)C)C(CO)(CO)O2)c(=O)[nH]c1=O. The van der Waals surface area contributed by atoms with E-state index in [2.05, 4.69) is 32.7 Å². The maximum atomic E-state index is 12.2. The first kappa shape index (κ1) is 21.0. The van der Waals surface area contributed by atoms with E-state index in [1.54, 1.807) is 6.92 Å². The van der Waals surface area contributed by atoms with Gasteiger partial charge in [-0.25, -0.2) is 4.79 Å². The summed E-state index contributed by atoms with van der Waals surface area (Å²) in [6, 6.07) is 0. The summed E-state index contributed by atoms with van der Waals surface area (Å²) in [6.07, 6.45) is 0.501. The maximum Gasteiger partial charge on any atom is 0.330 e. The molecule has 0 bridgehead atoms. The Morgan fingerprint density at radius 3 is 2.58 bits per heavy atom. The fraction of sp³-hybridized carbons (Fsp3) is 0.765. The molecule has 0 saturated carbocycles. The summed E-state index contributed by atoms with van der Waals surface area (Å²) in [5.74, 6) is 0.439. The molecule has 2 rings (SSSR count). The normalized spacial score (nSPS) is 23.4. The Labute approximate surface area is 155 Å². The molecule has 1 aliphatic rings. The quantitative estimate of drug-likeness (QED) is 0.560. The average Bonchev–Trinajstić information content (AvgIpc) is 2.95. The molecule has 0 aromatic carbocycles. The molecule has 26 heavy (non-hydrogen) atoms. The van der Waals surface area contributed by atoms with Crippen LogP contribution in [-0.4, -0.2) is 54.4 Å². The largest absolute Gasteiger partial charge is 0.417 e. The van der Waals surface area contributed by atoms with Crippen LogP contribution in [0.2, 0.25) is 5.04 Å². The molecule has 0 unspecified atom stereocenters. The molecule has 0 aliphatic carbocycles. The molecule has 3 N–H and O–H groups in total. The van der Waals surface area contributed by atoms with Gasteiger partial charge in [-0.2, -0.15) is 0 Å². The zero-order chi connectivity index (χ0) is 19.7. The van der Waals surface area contributed by atoms with Gasteiger partial charge in [0.15, 0.2) is 9.76 Å². The molecule has 2 heterocycles. The number of nitrogens with one attached hydrogen (secondary N) is 1. The van der Waals surface area contributed by atoms with Gasteiger partial charge in [0.1, 0.15) is 11.8 Å². The van der Waals surface area contributed by atoms with Crippen molar-refractivity contribution in [3.05, 3.63) is 32.6 Å². The summed E-state index contributed by atoms with van der Waals surface area (Å²) in [6.45, 7) is 9.33. The summed E-state index contributed by atoms with van der Waals surface area (Å²) in [5.41, 5.74) is -1.92. The van der Waals surface area contributed by atoms with Gasteiger partial charge in [0.2, 0.25) is 0 Å². The van der Waals surface area contributed by atoms with Gasteiger partial charge in [0, 0.05) is 18.2 Å². The topological polar surface area (TPSA) is 114 Å². The number of rotatable bonds is 7. The second-order valence-electron chi connectivity index (χ2n) is 8.11. The number of aliphatic hydroxyl groups is 2. The number of hydrogen-bond acceptors (Lipinski definition) is 6. The Hall–Kier alpha value is -1.26. The number of H-pyrrole nitrogens is 1. The van der Waals surface area contributed by atoms with E-state index >= 15 is 0 Å². The van der Waals surface area contributed by atoms with Crippen molar-refractivity contribution in [3.8, 4) is 0 Å². The van der Waals surface area contributed by atoms with Crippen LogP contribution in [0.5, 0.6) is 0 Å². The first-order valence-electron chi connectivity index (χ1n) is 8.89. The minimum atomic E-state index is -1.27. The molecule has 2 atom stereocenters. The summed E-state index contributed by atoms with van der Waals surface area (Å²) in [7, 11) is -0.999. The van der Waals surface area contributed by atoms with Crippen LogP contribution in [-0.2, 0) is 9.16 Å². The Bertz CT molecular complexity index is 738. The molecule has 0 amide bonds. The van der Waals surface area contributed by atoms with Crippen molar-refractivity contribution in [3.63, 3.8) is 0 Å². The number of ether oxygens (including phenoxy) is 1. The highest BCUT2D eigenvalue weighted by Crippen LogP contribution is 2.40. The Morgan fingerprint density at radius 2 is 2.04 bits per heavy atom. The van der Waals surface area contributed by atoms with E-state index in [9.17, 15) is 19.8 Å². The van der Waals surface area contributed by atoms with E-state index in [0.717, 1.165) is 0 Å². The van der Waals surface area contributed by atoms with Crippen LogP contribution in [0.15, 0.2) is 15.8 Å². The zero-order valence-electron chi connectivity index (χ0n) is 16.1. The lowest BCUT2D eigenvalue weighted by molar-refractivity contribution is -0.146. The van der Waals surface area contributed by atoms with Gasteiger partial charge in [-0.3, -0.25) is 14.3 Å². The third-order valence-corrected chi connectivity index (χ3v) is 7.71. The summed E-state index contributed by atoms with van der Waals surface area (Å²) in [5, 5.41) is 19.8. The van der Waals surface area contributed by atoms with Gasteiger partial charge in [0.25, 0.3) is 5.56 Å². The molecule has 9 heteroatoms. The Balaban J connectivity index is 2.28. The van der Waals surface area contributed by atoms with Crippen LogP contribution < -0.4 is 11.2 Å². The molecule has 0 spiro atoms. The predicted molar refractivity (Wildman–Crippen MR) is 100.0 cm³/mol. The highest BCUT2D eigenvalue weighted by atomic mass is 28.2. The minimum Gasteiger partial charge on any atom is -0.417 e. The average molecular weight is 387 g/mol. The van der Waals surface area contributed by atoms with E-state index in [4.69, 9.17) is 9.16 Å². The number of aromatic amines is 1. The van der Waals surface area contributed by atoms with Gasteiger partial charge in [0.05, 0.1) is 19.3 Å². The molecule has 1 fully saturated rings. The lowest BCUT2D eigenvalue weighted by atomic mass is 9.99. The smallest absolute Gasteiger partial charge is 0.330 e. The molecule has 1 aliphatic heterocycles. The van der Waals surface area contributed by atoms with Crippen molar-refractivity contribution < 1.29 is 19.4 Å². The number of nitrogens with zero attached hydrogens (tertiary/aromatic N) is 1. The molecule has 8 nitrogen and oxygen atoms in total. The van der Waals surface area contributed by atoms with E-state index in [1.165, 1.54) is 10.8 Å². The third kappa shape index (κ3) is 4.01. The highest BCUT2D eigenvalue weighted by Gasteiger charge is 2.50. The monoisotopic (exact) mass is 386 g/mol. The highest BCUT2D eigenvalue weighted by molar-refractivity contribution is 6.32. The van der Waals surface area contributed by atoms with Crippen molar-refractivity contribution in [1.82, 2.24) is 9.55 Å². The van der Waals surface area contributed by atoms with E-state index in [-0.39, 0.29) is 5.04 Å². The number of aliphatic hydroxyl groups excluding tert-OH is 2. The Kier molecular flexibility index (Phi) is 6.29. The molecule has 1 aromatic heterocycles. The van der Waals surface area contributed by atoms with Crippen LogP contribution in [0.4, 0.5) is 0 Å². The molecule has 1 aromatic rings. The van der Waals surface area contributed by atoms with Crippen LogP contribution in [0.25, 0.3) is 0 Å². The molecule has 0 radical (unpaired) electrons. The van der Waals surface area contributed by atoms with Crippen molar-refractivity contribution in [2.24, 2.45) is 5.92 Å². The molecule has 1 saturated heterocycles. The van der Waals surface area contributed by atoms with Gasteiger partial charge in [-0.15, -0.1) is 0 Å². The van der Waals surface area contributed by atoms with Crippen molar-refractivity contribution in [1.29, 1.82) is 0 Å². The van der Waals surface area contributed by atoms with Crippen LogP contribution in [0.3, 0.4) is 0 Å². The molecule has 148 valence electrons. The van der Waals surface area contributed by atoms with Gasteiger partial charge < -0.3 is 19.4 Å². The fourth-order valence-electron chi connectivity index (χ4n) is 2.79. The van der Waals surface area contributed by atoms with Crippen molar-refractivity contribution in [2.45, 2.75) is 64.0 Å². The van der Waals surface area contributed by atoms with Crippen LogP contribution >= 0.6 is 0 Å². The lowest BCUT2D eigenvalue weighted by Crippen LogP contribution is -2.49. The van der Waals surface area contributed by atoms with Crippen LogP contribution in [0, 0.1) is 12.8 Å². The third-order valence-electron chi connectivity index (χ3n) is 5.58. The predicted octanol–water partition coefficient (Wildman–Crippen LogP) is -0.189. The fourth-order valence-corrected chi connectivity index (χ4v) is 4.20. The summed E-state index contributed by atoms with van der Waals surface area (Å²) in [4.78, 5) is 26.0. The van der Waals surface area contributed by atoms with E-state index in [1.807, 2.05) is 0 Å². The zero-order valence-corrected chi connectivity index (χ0v) is 17.5. The minimum absolute atomic E-state index is 0.0418. The first-order valence-corrected chi connectivity index (χ1v) is 10.2. The van der Waals surface area contributed by atoms with E-state index < -0.39 is 52.2 Å². The van der Waals surface area contributed by atoms with Gasteiger partial charge >= 0.3 is 5.69 Å². The van der Waals surface area contributed by atoms with Crippen LogP contribution in [0.1, 0.15) is 45.9 Å². The first-order chi connectivity index (χ1) is 12.1. The molecular weight excluding hydrogens is 356 g/mol. The molecular formula is C17H30N2O6Si. The Morgan fingerprint density at radius 1 is 1.42 bits per heavy atom. The summed E-state index contributed by atoms with van der Waals surface area (Å²) < 4.78 is 13.4. The van der Waals surface area contributed by atoms with Crippen molar-refractivity contribution >= 4 is 9.76 Å². The van der Waals surface area contributed by atoms with Gasteiger partial charge in [-0.05, 0) is 17.9 Å². The second kappa shape index (κ2) is 7.77. The maximum absolute atomic E-state index is 12.2. The standard InChI is InChI=1S/C17H30N2O6Si/c1-10(2)16(4,5)26-25-12-6-13(24-17(12,8-20)9-21)19-7-11(3)14(22)18-15(19)23/h7,10,12-13,20-21H,6,8-9,26H2,1-5H3,(H,18,22,23)/t12-,13+/m0/s1. The number of aryl methyl sites for hydroxylation is 1. The van der Waals surface area contributed by atoms with Gasteiger partial charge in [-0.1, -0.05) is 27.7 Å². The summed E-state index contributed by atoms with van der Waals surface area (Å²) >= 11 is 0.